The average Bonchev–Trinajstić information content (AvgIpc) is 2.90. The predicted octanol–water partition coefficient (Wildman–Crippen LogP) is 4.10. The van der Waals surface area contributed by atoms with Crippen molar-refractivity contribution >= 4 is 38.9 Å². The van der Waals surface area contributed by atoms with Crippen molar-refractivity contribution in [2.45, 2.75) is 13.3 Å². The van der Waals surface area contributed by atoms with Gasteiger partial charge in [-0.25, -0.2) is 4.99 Å². The lowest BCUT2D eigenvalue weighted by Crippen LogP contribution is -2.14. The van der Waals surface area contributed by atoms with E-state index in [2.05, 4.69) is 33.2 Å². The number of aryl methyl sites for hydroxylation is 1. The highest BCUT2D eigenvalue weighted by Gasteiger charge is 2.28. The number of carbonyl (C=O) groups is 1. The molecule has 0 bridgehead atoms. The Kier molecular flexibility index (Phi) is 4.57. The van der Waals surface area contributed by atoms with Gasteiger partial charge in [0, 0.05) is 16.1 Å². The number of amides is 1. The lowest BCUT2D eigenvalue weighted by atomic mass is 10.0. The van der Waals surface area contributed by atoms with Gasteiger partial charge < -0.3 is 14.8 Å². The molecule has 3 rings (SSSR count). The van der Waals surface area contributed by atoms with Crippen molar-refractivity contribution in [3.8, 4) is 11.5 Å². The molecule has 0 spiro atoms. The zero-order chi connectivity index (χ0) is 17.3. The standard InChI is InChI=1S/C18H17BrN2O3/c1-4-10-7-11(19)8-13-16(10)21-18(22)17(13)20-14-6-5-12(23-2)9-15(14)24-3/h5-9H,4H2,1-3H3,(H,20,21,22). The molecule has 1 N–H and O–H groups in total. The zero-order valence-corrected chi connectivity index (χ0v) is 15.2. The van der Waals surface area contributed by atoms with Crippen molar-refractivity contribution < 1.29 is 14.3 Å². The molecule has 1 heterocycles. The molecule has 124 valence electrons. The molecule has 1 aliphatic rings. The second-order valence-corrected chi connectivity index (χ2v) is 6.21. The molecule has 6 heteroatoms. The molecule has 5 nitrogen and oxygen atoms in total. The second kappa shape index (κ2) is 6.65. The summed E-state index contributed by atoms with van der Waals surface area (Å²) in [5, 5.41) is 2.92. The van der Waals surface area contributed by atoms with Crippen molar-refractivity contribution in [3.05, 3.63) is 45.9 Å². The number of ether oxygens (including phenoxy) is 2. The van der Waals surface area contributed by atoms with Crippen LogP contribution < -0.4 is 14.8 Å². The lowest BCUT2D eigenvalue weighted by molar-refractivity contribution is -0.110. The van der Waals surface area contributed by atoms with Crippen LogP contribution in [0.15, 0.2) is 39.8 Å². The van der Waals surface area contributed by atoms with Crippen LogP contribution in [0.2, 0.25) is 0 Å². The summed E-state index contributed by atoms with van der Waals surface area (Å²) in [4.78, 5) is 17.0. The molecule has 1 aliphatic heterocycles. The first-order chi connectivity index (χ1) is 11.6. The number of halogens is 1. The van der Waals surface area contributed by atoms with E-state index in [1.165, 1.54) is 0 Å². The number of hydrogen-bond acceptors (Lipinski definition) is 4. The molecule has 2 aromatic rings. The van der Waals surface area contributed by atoms with Crippen LogP contribution in [0.3, 0.4) is 0 Å². The Hall–Kier alpha value is -2.34. The SMILES string of the molecule is CCc1cc(Br)cc2c1NC(=O)C2=Nc1ccc(OC)cc1OC. The number of hydrogen-bond donors (Lipinski definition) is 1. The van der Waals surface area contributed by atoms with Gasteiger partial charge in [-0.2, -0.15) is 0 Å². The van der Waals surface area contributed by atoms with E-state index in [-0.39, 0.29) is 5.91 Å². The van der Waals surface area contributed by atoms with E-state index in [0.717, 1.165) is 27.7 Å². The summed E-state index contributed by atoms with van der Waals surface area (Å²) in [7, 11) is 3.15. The summed E-state index contributed by atoms with van der Waals surface area (Å²) in [6.45, 7) is 2.05. The maximum Gasteiger partial charge on any atom is 0.275 e. The van der Waals surface area contributed by atoms with Crippen LogP contribution in [0.1, 0.15) is 18.1 Å². The van der Waals surface area contributed by atoms with Gasteiger partial charge in [0.2, 0.25) is 0 Å². The maximum atomic E-state index is 12.4. The van der Waals surface area contributed by atoms with Gasteiger partial charge in [0.25, 0.3) is 5.91 Å². The lowest BCUT2D eigenvalue weighted by Gasteiger charge is -2.08. The topological polar surface area (TPSA) is 59.9 Å². The number of anilines is 1. The Morgan fingerprint density at radius 3 is 2.62 bits per heavy atom. The number of methoxy groups -OCH3 is 2. The Balaban J connectivity index is 2.13. The fraction of sp³-hybridized carbons (Fsp3) is 0.222. The van der Waals surface area contributed by atoms with Crippen LogP contribution in [0.25, 0.3) is 0 Å². The van der Waals surface area contributed by atoms with Crippen LogP contribution >= 0.6 is 15.9 Å². The summed E-state index contributed by atoms with van der Waals surface area (Å²) < 4.78 is 11.5. The van der Waals surface area contributed by atoms with E-state index >= 15 is 0 Å². The average molecular weight is 389 g/mol. The van der Waals surface area contributed by atoms with E-state index < -0.39 is 0 Å². The number of rotatable bonds is 4. The molecular formula is C18H17BrN2O3. The Bertz CT molecular complexity index is 846. The van der Waals surface area contributed by atoms with Crippen molar-refractivity contribution in [3.63, 3.8) is 0 Å². The van der Waals surface area contributed by atoms with E-state index in [9.17, 15) is 4.79 Å². The molecule has 0 fully saturated rings. The van der Waals surface area contributed by atoms with Crippen LogP contribution in [-0.2, 0) is 11.2 Å². The molecule has 0 unspecified atom stereocenters. The highest BCUT2D eigenvalue weighted by Crippen LogP contribution is 2.36. The van der Waals surface area contributed by atoms with Crippen molar-refractivity contribution in [2.75, 3.05) is 19.5 Å². The first kappa shape index (κ1) is 16.5. The smallest absolute Gasteiger partial charge is 0.275 e. The number of fused-ring (bicyclic) bond motifs is 1. The molecular weight excluding hydrogens is 372 g/mol. The molecule has 24 heavy (non-hydrogen) atoms. The Morgan fingerprint density at radius 2 is 1.96 bits per heavy atom. The minimum absolute atomic E-state index is 0.212. The minimum atomic E-state index is -0.212. The van der Waals surface area contributed by atoms with Gasteiger partial charge in [-0.15, -0.1) is 0 Å². The summed E-state index contributed by atoms with van der Waals surface area (Å²) in [6.07, 6.45) is 0.821. The third-order valence-corrected chi connectivity index (χ3v) is 4.35. The first-order valence-electron chi connectivity index (χ1n) is 7.52. The molecule has 0 aromatic heterocycles. The van der Waals surface area contributed by atoms with Crippen molar-refractivity contribution in [1.82, 2.24) is 0 Å². The van der Waals surface area contributed by atoms with Gasteiger partial charge in [0.1, 0.15) is 22.9 Å². The van der Waals surface area contributed by atoms with Crippen LogP contribution in [0, 0.1) is 0 Å². The number of benzene rings is 2. The van der Waals surface area contributed by atoms with Gasteiger partial charge in [0.15, 0.2) is 0 Å². The van der Waals surface area contributed by atoms with Gasteiger partial charge in [0.05, 0.1) is 19.9 Å². The summed E-state index contributed by atoms with van der Waals surface area (Å²) in [5.41, 5.74) is 3.65. The second-order valence-electron chi connectivity index (χ2n) is 5.29. The predicted molar refractivity (Wildman–Crippen MR) is 97.9 cm³/mol. The first-order valence-corrected chi connectivity index (χ1v) is 8.31. The normalized spacial score (nSPS) is 14.5. The van der Waals surface area contributed by atoms with Crippen molar-refractivity contribution in [2.24, 2.45) is 4.99 Å². The summed E-state index contributed by atoms with van der Waals surface area (Å²) >= 11 is 3.50. The molecule has 0 aliphatic carbocycles. The van der Waals surface area contributed by atoms with Gasteiger partial charge in [-0.1, -0.05) is 22.9 Å². The van der Waals surface area contributed by atoms with Crippen molar-refractivity contribution in [1.29, 1.82) is 0 Å². The van der Waals surface area contributed by atoms with E-state index in [1.807, 2.05) is 12.1 Å². The van der Waals surface area contributed by atoms with Crippen LogP contribution in [-0.4, -0.2) is 25.8 Å². The Labute approximate surface area is 148 Å². The number of nitrogens with zero attached hydrogens (tertiary/aromatic N) is 1. The fourth-order valence-electron chi connectivity index (χ4n) is 2.68. The third-order valence-electron chi connectivity index (χ3n) is 3.89. The summed E-state index contributed by atoms with van der Waals surface area (Å²) in [6, 6.07) is 9.21. The molecule has 2 aromatic carbocycles. The fourth-order valence-corrected chi connectivity index (χ4v) is 3.19. The minimum Gasteiger partial charge on any atom is -0.497 e. The molecule has 0 saturated carbocycles. The Morgan fingerprint density at radius 1 is 1.17 bits per heavy atom. The molecule has 0 atom stereocenters. The highest BCUT2D eigenvalue weighted by molar-refractivity contribution is 9.10. The van der Waals surface area contributed by atoms with Gasteiger partial charge in [-0.05, 0) is 36.2 Å². The number of aliphatic imine (C=N–C) groups is 1. The molecule has 1 amide bonds. The number of nitrogens with one attached hydrogen (secondary N) is 1. The van der Waals surface area contributed by atoms with Gasteiger partial charge in [-0.3, -0.25) is 4.79 Å². The molecule has 0 radical (unpaired) electrons. The van der Waals surface area contributed by atoms with Gasteiger partial charge >= 0.3 is 0 Å². The molecule has 0 saturated heterocycles. The highest BCUT2D eigenvalue weighted by atomic mass is 79.9. The third kappa shape index (κ3) is 2.89. The number of carbonyl (C=O) groups excluding carboxylic acids is 1. The van der Waals surface area contributed by atoms with Crippen LogP contribution in [0.5, 0.6) is 11.5 Å². The van der Waals surface area contributed by atoms with Crippen LogP contribution in [0.4, 0.5) is 11.4 Å². The quantitative estimate of drug-likeness (QED) is 0.857. The monoisotopic (exact) mass is 388 g/mol. The summed E-state index contributed by atoms with van der Waals surface area (Å²) in [5.74, 6) is 1.01. The zero-order valence-electron chi connectivity index (χ0n) is 13.6. The van der Waals surface area contributed by atoms with E-state index in [1.54, 1.807) is 32.4 Å². The van der Waals surface area contributed by atoms with E-state index in [0.29, 0.717) is 22.9 Å². The maximum absolute atomic E-state index is 12.4. The van der Waals surface area contributed by atoms with E-state index in [4.69, 9.17) is 9.47 Å². The largest absolute Gasteiger partial charge is 0.497 e.